The van der Waals surface area contributed by atoms with Crippen LogP contribution in [-0.4, -0.2) is 22.3 Å². The quantitative estimate of drug-likeness (QED) is 0.863. The fourth-order valence-corrected chi connectivity index (χ4v) is 4.46. The van der Waals surface area contributed by atoms with Crippen molar-refractivity contribution in [2.45, 2.75) is 31.8 Å². The summed E-state index contributed by atoms with van der Waals surface area (Å²) in [6.07, 6.45) is 4.40. The molecular formula is C12H18BrNOS2. The molecule has 1 aromatic heterocycles. The van der Waals surface area contributed by atoms with E-state index in [2.05, 4.69) is 40.3 Å². The van der Waals surface area contributed by atoms with Gasteiger partial charge in [-0.3, -0.25) is 4.21 Å². The van der Waals surface area contributed by atoms with Crippen LogP contribution >= 0.6 is 27.3 Å². The van der Waals surface area contributed by atoms with Gasteiger partial charge in [0.25, 0.3) is 0 Å². The summed E-state index contributed by atoms with van der Waals surface area (Å²) in [5.41, 5.74) is 0. The Morgan fingerprint density at radius 3 is 2.76 bits per heavy atom. The SMILES string of the molecule is C[C@H](C[S@@](C)=O)N[C@@H](c1ccc(Br)s1)C1CC1. The predicted octanol–water partition coefficient (Wildman–Crippen LogP) is 3.32. The number of nitrogens with one attached hydrogen (secondary N) is 1. The second kappa shape index (κ2) is 5.95. The summed E-state index contributed by atoms with van der Waals surface area (Å²) in [6, 6.07) is 5.07. The summed E-state index contributed by atoms with van der Waals surface area (Å²) in [6.45, 7) is 2.12. The molecule has 1 fully saturated rings. The maximum atomic E-state index is 11.2. The summed E-state index contributed by atoms with van der Waals surface area (Å²) in [4.78, 5) is 1.40. The Morgan fingerprint density at radius 2 is 2.29 bits per heavy atom. The van der Waals surface area contributed by atoms with Crippen LogP contribution in [0.4, 0.5) is 0 Å². The van der Waals surface area contributed by atoms with Gasteiger partial charge in [-0.05, 0) is 53.7 Å². The zero-order valence-electron chi connectivity index (χ0n) is 10.1. The molecule has 96 valence electrons. The molecular weight excluding hydrogens is 318 g/mol. The van der Waals surface area contributed by atoms with Gasteiger partial charge in [-0.15, -0.1) is 11.3 Å². The molecule has 0 radical (unpaired) electrons. The van der Waals surface area contributed by atoms with Crippen LogP contribution < -0.4 is 5.32 Å². The lowest BCUT2D eigenvalue weighted by Gasteiger charge is -2.21. The fraction of sp³-hybridized carbons (Fsp3) is 0.667. The number of thiophene rings is 1. The number of rotatable bonds is 6. The molecule has 0 aromatic carbocycles. The van der Waals surface area contributed by atoms with Crippen molar-refractivity contribution in [2.24, 2.45) is 5.92 Å². The lowest BCUT2D eigenvalue weighted by Crippen LogP contribution is -2.35. The highest BCUT2D eigenvalue weighted by Gasteiger charge is 2.33. The van der Waals surface area contributed by atoms with Crippen molar-refractivity contribution in [1.82, 2.24) is 5.32 Å². The molecule has 1 saturated carbocycles. The number of halogens is 1. The molecule has 0 saturated heterocycles. The van der Waals surface area contributed by atoms with E-state index in [1.165, 1.54) is 21.5 Å². The molecule has 3 atom stereocenters. The van der Waals surface area contributed by atoms with E-state index in [1.807, 2.05) is 0 Å². The third kappa shape index (κ3) is 4.16. The first kappa shape index (κ1) is 13.7. The van der Waals surface area contributed by atoms with E-state index in [9.17, 15) is 4.21 Å². The number of hydrogen-bond acceptors (Lipinski definition) is 3. The van der Waals surface area contributed by atoms with Gasteiger partial charge >= 0.3 is 0 Å². The molecule has 1 aliphatic rings. The lowest BCUT2D eigenvalue weighted by atomic mass is 10.1. The molecule has 2 rings (SSSR count). The maximum Gasteiger partial charge on any atom is 0.0701 e. The maximum absolute atomic E-state index is 11.2. The molecule has 0 unspecified atom stereocenters. The Hall–Kier alpha value is 0.290. The molecule has 0 aliphatic heterocycles. The third-order valence-electron chi connectivity index (χ3n) is 2.94. The predicted molar refractivity (Wildman–Crippen MR) is 79.0 cm³/mol. The zero-order valence-corrected chi connectivity index (χ0v) is 13.3. The van der Waals surface area contributed by atoms with Gasteiger partial charge in [0.1, 0.15) is 0 Å². The summed E-state index contributed by atoms with van der Waals surface area (Å²) in [7, 11) is -0.724. The van der Waals surface area contributed by atoms with Crippen LogP contribution in [0, 0.1) is 5.92 Å². The highest BCUT2D eigenvalue weighted by molar-refractivity contribution is 9.11. The van der Waals surface area contributed by atoms with Crippen LogP contribution in [0.5, 0.6) is 0 Å². The van der Waals surface area contributed by atoms with Crippen molar-refractivity contribution in [2.75, 3.05) is 12.0 Å². The molecule has 5 heteroatoms. The van der Waals surface area contributed by atoms with E-state index < -0.39 is 10.8 Å². The van der Waals surface area contributed by atoms with Crippen LogP contribution in [0.1, 0.15) is 30.7 Å². The largest absolute Gasteiger partial charge is 0.306 e. The van der Waals surface area contributed by atoms with Crippen molar-refractivity contribution in [1.29, 1.82) is 0 Å². The standard InChI is InChI=1S/C12H18BrNOS2/c1-8(7-17(2)15)14-12(9-3-4-9)10-5-6-11(13)16-10/h5-6,8-9,12,14H,3-4,7H2,1-2H3/t8-,12-,17-/m1/s1. The van der Waals surface area contributed by atoms with Crippen molar-refractivity contribution >= 4 is 38.1 Å². The Kier molecular flexibility index (Phi) is 4.80. The van der Waals surface area contributed by atoms with Crippen molar-refractivity contribution in [3.63, 3.8) is 0 Å². The average Bonchev–Trinajstić information content (AvgIpc) is 2.97. The van der Waals surface area contributed by atoms with Crippen LogP contribution in [-0.2, 0) is 10.8 Å². The van der Waals surface area contributed by atoms with Gasteiger partial charge in [-0.25, -0.2) is 0 Å². The molecule has 0 bridgehead atoms. The molecule has 1 heterocycles. The molecule has 0 amide bonds. The summed E-state index contributed by atoms with van der Waals surface area (Å²) >= 11 is 5.32. The normalized spacial score (nSPS) is 21.1. The van der Waals surface area contributed by atoms with Crippen LogP contribution in [0.3, 0.4) is 0 Å². The fourth-order valence-electron chi connectivity index (χ4n) is 2.08. The van der Waals surface area contributed by atoms with E-state index in [1.54, 1.807) is 17.6 Å². The minimum absolute atomic E-state index is 0.312. The van der Waals surface area contributed by atoms with Gasteiger partial charge in [-0.1, -0.05) is 0 Å². The smallest absolute Gasteiger partial charge is 0.0701 e. The Morgan fingerprint density at radius 1 is 1.59 bits per heavy atom. The van der Waals surface area contributed by atoms with E-state index in [-0.39, 0.29) is 0 Å². The van der Waals surface area contributed by atoms with Crippen molar-refractivity contribution < 1.29 is 4.21 Å². The summed E-state index contributed by atoms with van der Waals surface area (Å²) in [5.74, 6) is 1.50. The first-order chi connectivity index (χ1) is 8.06. The molecule has 1 aliphatic carbocycles. The van der Waals surface area contributed by atoms with Gasteiger partial charge in [0, 0.05) is 39.8 Å². The Balaban J connectivity index is 2.00. The minimum Gasteiger partial charge on any atom is -0.306 e. The number of hydrogen-bond donors (Lipinski definition) is 1. The lowest BCUT2D eigenvalue weighted by molar-refractivity contribution is 0.444. The van der Waals surface area contributed by atoms with Gasteiger partial charge in [0.05, 0.1) is 3.79 Å². The van der Waals surface area contributed by atoms with Gasteiger partial charge in [-0.2, -0.15) is 0 Å². The summed E-state index contributed by atoms with van der Waals surface area (Å²) in [5, 5.41) is 3.64. The van der Waals surface area contributed by atoms with Crippen LogP contribution in [0.15, 0.2) is 15.9 Å². The van der Waals surface area contributed by atoms with Crippen LogP contribution in [0.2, 0.25) is 0 Å². The van der Waals surface area contributed by atoms with E-state index >= 15 is 0 Å². The highest BCUT2D eigenvalue weighted by atomic mass is 79.9. The first-order valence-corrected chi connectivity index (χ1v) is 9.21. The Bertz CT molecular complexity index is 403. The second-order valence-corrected chi connectivity index (χ2v) is 8.74. The minimum atomic E-state index is -0.724. The van der Waals surface area contributed by atoms with E-state index in [0.29, 0.717) is 12.1 Å². The molecule has 0 spiro atoms. The summed E-state index contributed by atoms with van der Waals surface area (Å²) < 4.78 is 12.4. The highest BCUT2D eigenvalue weighted by Crippen LogP contribution is 2.43. The third-order valence-corrected chi connectivity index (χ3v) is 5.62. The first-order valence-electron chi connectivity index (χ1n) is 5.87. The van der Waals surface area contributed by atoms with Crippen molar-refractivity contribution in [3.05, 3.63) is 20.8 Å². The average molecular weight is 336 g/mol. The van der Waals surface area contributed by atoms with Crippen LogP contribution in [0.25, 0.3) is 0 Å². The molecule has 17 heavy (non-hydrogen) atoms. The van der Waals surface area contributed by atoms with Gasteiger partial charge in [0.2, 0.25) is 0 Å². The van der Waals surface area contributed by atoms with E-state index in [0.717, 1.165) is 11.7 Å². The topological polar surface area (TPSA) is 29.1 Å². The molecule has 2 nitrogen and oxygen atoms in total. The second-order valence-electron chi connectivity index (χ2n) is 4.76. The molecule has 1 aromatic rings. The zero-order chi connectivity index (χ0) is 12.4. The Labute approximate surface area is 118 Å². The molecule has 1 N–H and O–H groups in total. The van der Waals surface area contributed by atoms with Gasteiger partial charge < -0.3 is 5.32 Å². The monoisotopic (exact) mass is 335 g/mol. The van der Waals surface area contributed by atoms with Gasteiger partial charge in [0.15, 0.2) is 0 Å². The van der Waals surface area contributed by atoms with Crippen molar-refractivity contribution in [3.8, 4) is 0 Å². The van der Waals surface area contributed by atoms with E-state index in [4.69, 9.17) is 0 Å².